The molecule has 0 amide bonds. The summed E-state index contributed by atoms with van der Waals surface area (Å²) in [6.45, 7) is 4.92. The van der Waals surface area contributed by atoms with E-state index in [1.807, 2.05) is 13.8 Å². The summed E-state index contributed by atoms with van der Waals surface area (Å²) >= 11 is 0. The SMILES string of the molecule is CC1(C)CCNC2(CCC(F)(F)CC2)O1. The smallest absolute Gasteiger partial charge is 0.248 e. The minimum atomic E-state index is -2.49. The first kappa shape index (κ1) is 11.3. The van der Waals surface area contributed by atoms with Crippen LogP contribution in [0.1, 0.15) is 46.0 Å². The minimum Gasteiger partial charge on any atom is -0.355 e. The summed E-state index contributed by atoms with van der Waals surface area (Å²) in [4.78, 5) is 0. The van der Waals surface area contributed by atoms with Crippen LogP contribution in [-0.4, -0.2) is 23.8 Å². The number of rotatable bonds is 0. The monoisotopic (exact) mass is 219 g/mol. The Morgan fingerprint density at radius 1 is 1.00 bits per heavy atom. The second kappa shape index (κ2) is 3.39. The summed E-state index contributed by atoms with van der Waals surface area (Å²) < 4.78 is 32.1. The van der Waals surface area contributed by atoms with E-state index in [1.54, 1.807) is 0 Å². The van der Waals surface area contributed by atoms with Gasteiger partial charge in [-0.1, -0.05) is 0 Å². The molecule has 4 heteroatoms. The molecule has 0 aromatic carbocycles. The Bertz CT molecular complexity index is 243. The largest absolute Gasteiger partial charge is 0.355 e. The molecule has 2 rings (SSSR count). The Labute approximate surface area is 89.4 Å². The molecule has 1 N–H and O–H groups in total. The Hall–Kier alpha value is -0.220. The van der Waals surface area contributed by atoms with Crippen LogP contribution in [0.2, 0.25) is 0 Å². The molecule has 2 nitrogen and oxygen atoms in total. The topological polar surface area (TPSA) is 21.3 Å². The fourth-order valence-electron chi connectivity index (χ4n) is 2.51. The summed E-state index contributed by atoms with van der Waals surface area (Å²) in [5, 5.41) is 3.27. The second-order valence-corrected chi connectivity index (χ2v) is 5.39. The molecular weight excluding hydrogens is 200 g/mol. The lowest BCUT2D eigenvalue weighted by atomic mass is 9.86. The van der Waals surface area contributed by atoms with Gasteiger partial charge in [-0.15, -0.1) is 0 Å². The fraction of sp³-hybridized carbons (Fsp3) is 1.00. The Morgan fingerprint density at radius 3 is 2.13 bits per heavy atom. The zero-order chi connectivity index (χ0) is 11.2. The fourth-order valence-corrected chi connectivity index (χ4v) is 2.51. The molecule has 15 heavy (non-hydrogen) atoms. The number of hydrogen-bond donors (Lipinski definition) is 1. The van der Waals surface area contributed by atoms with Crippen LogP contribution in [0.3, 0.4) is 0 Å². The lowest BCUT2D eigenvalue weighted by Gasteiger charge is -2.49. The zero-order valence-corrected chi connectivity index (χ0v) is 9.41. The molecule has 1 heterocycles. The van der Waals surface area contributed by atoms with Gasteiger partial charge in [0.15, 0.2) is 0 Å². The summed E-state index contributed by atoms with van der Waals surface area (Å²) in [7, 11) is 0. The van der Waals surface area contributed by atoms with Crippen LogP contribution in [0, 0.1) is 0 Å². The van der Waals surface area contributed by atoms with Crippen LogP contribution >= 0.6 is 0 Å². The molecule has 0 atom stereocenters. The summed E-state index contributed by atoms with van der Waals surface area (Å²) in [5.74, 6) is -2.49. The van der Waals surface area contributed by atoms with E-state index in [0.717, 1.165) is 13.0 Å². The molecule has 0 bridgehead atoms. The first-order valence-electron chi connectivity index (χ1n) is 5.66. The van der Waals surface area contributed by atoms with Crippen LogP contribution in [0.5, 0.6) is 0 Å². The maximum absolute atomic E-state index is 13.1. The van der Waals surface area contributed by atoms with Gasteiger partial charge in [0.1, 0.15) is 5.72 Å². The Kier molecular flexibility index (Phi) is 2.54. The average Bonchev–Trinajstić information content (AvgIpc) is 2.10. The van der Waals surface area contributed by atoms with Crippen LogP contribution in [-0.2, 0) is 4.74 Å². The quantitative estimate of drug-likeness (QED) is 0.676. The van der Waals surface area contributed by atoms with Crippen molar-refractivity contribution in [3.05, 3.63) is 0 Å². The molecule has 1 aliphatic carbocycles. The van der Waals surface area contributed by atoms with Crippen LogP contribution in [0.15, 0.2) is 0 Å². The van der Waals surface area contributed by atoms with E-state index in [-0.39, 0.29) is 18.4 Å². The molecule has 0 aromatic rings. The van der Waals surface area contributed by atoms with Gasteiger partial charge in [-0.2, -0.15) is 0 Å². The second-order valence-electron chi connectivity index (χ2n) is 5.39. The van der Waals surface area contributed by atoms with Crippen molar-refractivity contribution in [3.8, 4) is 0 Å². The van der Waals surface area contributed by atoms with Crippen molar-refractivity contribution in [1.82, 2.24) is 5.32 Å². The van der Waals surface area contributed by atoms with Gasteiger partial charge >= 0.3 is 0 Å². The van der Waals surface area contributed by atoms with E-state index in [4.69, 9.17) is 4.74 Å². The van der Waals surface area contributed by atoms with Crippen molar-refractivity contribution in [2.45, 2.75) is 63.2 Å². The Morgan fingerprint density at radius 2 is 1.60 bits per heavy atom. The molecule has 1 saturated heterocycles. The number of halogens is 2. The van der Waals surface area contributed by atoms with Gasteiger partial charge in [-0.25, -0.2) is 8.78 Å². The highest BCUT2D eigenvalue weighted by Gasteiger charge is 2.47. The predicted molar refractivity (Wildman–Crippen MR) is 53.9 cm³/mol. The number of alkyl halides is 2. The highest BCUT2D eigenvalue weighted by Crippen LogP contribution is 2.42. The van der Waals surface area contributed by atoms with Crippen molar-refractivity contribution in [2.24, 2.45) is 0 Å². The van der Waals surface area contributed by atoms with Crippen molar-refractivity contribution in [2.75, 3.05) is 6.54 Å². The van der Waals surface area contributed by atoms with E-state index >= 15 is 0 Å². The lowest BCUT2D eigenvalue weighted by Crippen LogP contribution is -2.60. The summed E-state index contributed by atoms with van der Waals surface area (Å²) in [5.41, 5.74) is -0.665. The maximum Gasteiger partial charge on any atom is 0.248 e. The van der Waals surface area contributed by atoms with E-state index in [0.29, 0.717) is 12.8 Å². The minimum absolute atomic E-state index is 0.0594. The summed E-state index contributed by atoms with van der Waals surface area (Å²) in [6.07, 6.45) is 1.66. The third kappa shape index (κ3) is 2.48. The van der Waals surface area contributed by atoms with E-state index < -0.39 is 11.6 Å². The number of nitrogens with one attached hydrogen (secondary N) is 1. The lowest BCUT2D eigenvalue weighted by molar-refractivity contribution is -0.220. The van der Waals surface area contributed by atoms with Gasteiger partial charge in [0.05, 0.1) is 5.60 Å². The Balaban J connectivity index is 2.03. The van der Waals surface area contributed by atoms with E-state index in [2.05, 4.69) is 5.32 Å². The zero-order valence-electron chi connectivity index (χ0n) is 9.41. The van der Waals surface area contributed by atoms with Crippen LogP contribution in [0.4, 0.5) is 8.78 Å². The van der Waals surface area contributed by atoms with Gasteiger partial charge < -0.3 is 4.74 Å². The van der Waals surface area contributed by atoms with Crippen molar-refractivity contribution >= 4 is 0 Å². The standard InChI is InChI=1S/C11H19F2NO/c1-9(2)7-8-14-11(15-9)5-3-10(12,13)4-6-11/h14H,3-8H2,1-2H3. The predicted octanol–water partition coefficient (Wildman–Crippen LogP) is 2.68. The highest BCUT2D eigenvalue weighted by molar-refractivity contribution is 4.94. The molecule has 0 unspecified atom stereocenters. The van der Waals surface area contributed by atoms with Crippen molar-refractivity contribution < 1.29 is 13.5 Å². The van der Waals surface area contributed by atoms with E-state index in [9.17, 15) is 8.78 Å². The third-order valence-electron chi connectivity index (χ3n) is 3.44. The van der Waals surface area contributed by atoms with Crippen molar-refractivity contribution in [1.29, 1.82) is 0 Å². The first-order chi connectivity index (χ1) is 6.83. The highest BCUT2D eigenvalue weighted by atomic mass is 19.3. The van der Waals surface area contributed by atoms with Crippen molar-refractivity contribution in [3.63, 3.8) is 0 Å². The van der Waals surface area contributed by atoms with E-state index in [1.165, 1.54) is 0 Å². The first-order valence-corrected chi connectivity index (χ1v) is 5.66. The molecule has 0 radical (unpaired) electrons. The molecule has 2 aliphatic rings. The number of ether oxygens (including phenoxy) is 1. The molecule has 2 fully saturated rings. The third-order valence-corrected chi connectivity index (χ3v) is 3.44. The van der Waals surface area contributed by atoms with Crippen LogP contribution in [0.25, 0.3) is 0 Å². The van der Waals surface area contributed by atoms with Gasteiger partial charge in [0.2, 0.25) is 5.92 Å². The maximum atomic E-state index is 13.1. The molecule has 88 valence electrons. The summed E-state index contributed by atoms with van der Waals surface area (Å²) in [6, 6.07) is 0. The molecule has 1 saturated carbocycles. The molecule has 1 spiro atoms. The normalized spacial score (nSPS) is 32.8. The van der Waals surface area contributed by atoms with Gasteiger partial charge in [-0.3, -0.25) is 5.32 Å². The van der Waals surface area contributed by atoms with Crippen LogP contribution < -0.4 is 5.32 Å². The average molecular weight is 219 g/mol. The molecular formula is C11H19F2NO. The van der Waals surface area contributed by atoms with Gasteiger partial charge in [-0.05, 0) is 33.1 Å². The van der Waals surface area contributed by atoms with Gasteiger partial charge in [0, 0.05) is 19.4 Å². The molecule has 1 aliphatic heterocycles. The molecule has 0 aromatic heterocycles. The van der Waals surface area contributed by atoms with Gasteiger partial charge in [0.25, 0.3) is 0 Å². The number of hydrogen-bond acceptors (Lipinski definition) is 2.